The van der Waals surface area contributed by atoms with Crippen LogP contribution in [0.5, 0.6) is 0 Å². The molecule has 0 radical (unpaired) electrons. The average molecular weight is 282 g/mol. The largest absolute Gasteiger partial charge is 0.394 e. The van der Waals surface area contributed by atoms with Gasteiger partial charge in [-0.2, -0.15) is 11.3 Å². The lowest BCUT2D eigenvalue weighted by atomic mass is 10.1. The van der Waals surface area contributed by atoms with Crippen LogP contribution in [0.4, 0.5) is 14.5 Å². The van der Waals surface area contributed by atoms with Gasteiger partial charge in [-0.05, 0) is 40.9 Å². The van der Waals surface area contributed by atoms with Gasteiger partial charge in [-0.15, -0.1) is 0 Å². The smallest absolute Gasteiger partial charge is 0.251 e. The first-order chi connectivity index (χ1) is 8.99. The second-order valence-electron chi connectivity index (χ2n) is 4.12. The van der Waals surface area contributed by atoms with E-state index in [1.165, 1.54) is 11.3 Å². The molecule has 3 nitrogen and oxygen atoms in total. The van der Waals surface area contributed by atoms with Crippen molar-refractivity contribution in [2.75, 3.05) is 5.73 Å². The summed E-state index contributed by atoms with van der Waals surface area (Å²) in [7, 11) is 0. The van der Waals surface area contributed by atoms with Gasteiger partial charge < -0.3 is 11.1 Å². The lowest BCUT2D eigenvalue weighted by Crippen LogP contribution is -2.23. The number of nitrogens with one attached hydrogen (secondary N) is 1. The van der Waals surface area contributed by atoms with Crippen LogP contribution in [0.25, 0.3) is 0 Å². The van der Waals surface area contributed by atoms with Gasteiger partial charge >= 0.3 is 0 Å². The Bertz CT molecular complexity index is 602. The molecule has 0 saturated carbocycles. The number of carbonyl (C=O) groups excluding carboxylic acids is 1. The molecule has 0 saturated heterocycles. The number of carbonyl (C=O) groups is 1. The number of hydrogen-bond acceptors (Lipinski definition) is 3. The fraction of sp³-hybridized carbons (Fsp3) is 0.154. The maximum absolute atomic E-state index is 13.2. The number of benzene rings is 1. The summed E-state index contributed by atoms with van der Waals surface area (Å²) in [6, 6.07) is 1.85. The van der Waals surface area contributed by atoms with E-state index in [1.54, 1.807) is 0 Å². The van der Waals surface area contributed by atoms with Crippen molar-refractivity contribution >= 4 is 22.9 Å². The topological polar surface area (TPSA) is 55.1 Å². The molecular formula is C13H12F2N2OS. The SMILES string of the molecule is Cc1cscc1CNC(=O)c1cc(F)c(N)c(F)c1. The molecule has 19 heavy (non-hydrogen) atoms. The minimum Gasteiger partial charge on any atom is -0.394 e. The normalized spacial score (nSPS) is 10.5. The highest BCUT2D eigenvalue weighted by Crippen LogP contribution is 2.18. The molecule has 0 spiro atoms. The third-order valence-corrected chi connectivity index (χ3v) is 3.65. The van der Waals surface area contributed by atoms with Crippen molar-refractivity contribution in [3.63, 3.8) is 0 Å². The Morgan fingerprint density at radius 2 is 1.95 bits per heavy atom. The second kappa shape index (κ2) is 5.36. The van der Waals surface area contributed by atoms with Crippen LogP contribution in [0, 0.1) is 18.6 Å². The zero-order chi connectivity index (χ0) is 14.0. The monoisotopic (exact) mass is 282 g/mol. The van der Waals surface area contributed by atoms with E-state index in [0.29, 0.717) is 6.54 Å². The number of aryl methyl sites for hydroxylation is 1. The number of amides is 1. The Labute approximate surface area is 113 Å². The van der Waals surface area contributed by atoms with Crippen molar-refractivity contribution in [1.82, 2.24) is 5.32 Å². The van der Waals surface area contributed by atoms with Crippen LogP contribution in [0.3, 0.4) is 0 Å². The van der Waals surface area contributed by atoms with E-state index in [9.17, 15) is 13.6 Å². The molecule has 0 aliphatic carbocycles. The molecule has 0 bridgehead atoms. The van der Waals surface area contributed by atoms with Crippen LogP contribution in [-0.2, 0) is 6.54 Å². The van der Waals surface area contributed by atoms with Crippen LogP contribution in [0.2, 0.25) is 0 Å². The van der Waals surface area contributed by atoms with E-state index in [4.69, 9.17) is 5.73 Å². The summed E-state index contributed by atoms with van der Waals surface area (Å²) in [5, 5.41) is 6.49. The van der Waals surface area contributed by atoms with Crippen LogP contribution in [0.15, 0.2) is 22.9 Å². The standard InChI is InChI=1S/C13H12F2N2OS/c1-7-5-19-6-9(7)4-17-13(18)8-2-10(14)12(16)11(15)3-8/h2-3,5-6H,4,16H2,1H3,(H,17,18). The van der Waals surface area contributed by atoms with E-state index in [2.05, 4.69) is 5.32 Å². The third-order valence-electron chi connectivity index (χ3n) is 2.74. The van der Waals surface area contributed by atoms with E-state index in [0.717, 1.165) is 23.3 Å². The molecule has 3 N–H and O–H groups in total. The van der Waals surface area contributed by atoms with Crippen molar-refractivity contribution in [2.45, 2.75) is 13.5 Å². The molecule has 1 aromatic heterocycles. The van der Waals surface area contributed by atoms with Crippen LogP contribution in [-0.4, -0.2) is 5.91 Å². The van der Waals surface area contributed by atoms with Gasteiger partial charge in [-0.3, -0.25) is 4.79 Å². The van der Waals surface area contributed by atoms with Crippen LogP contribution >= 0.6 is 11.3 Å². The zero-order valence-corrected chi connectivity index (χ0v) is 11.0. The van der Waals surface area contributed by atoms with Gasteiger partial charge in [0.1, 0.15) is 17.3 Å². The van der Waals surface area contributed by atoms with Crippen LogP contribution in [0.1, 0.15) is 21.5 Å². The molecule has 0 fully saturated rings. The number of nitrogen functional groups attached to an aromatic ring is 1. The van der Waals surface area contributed by atoms with Gasteiger partial charge in [0.25, 0.3) is 5.91 Å². The van der Waals surface area contributed by atoms with Gasteiger partial charge in [0, 0.05) is 12.1 Å². The molecule has 100 valence electrons. The highest BCUT2D eigenvalue weighted by atomic mass is 32.1. The van der Waals surface area contributed by atoms with Gasteiger partial charge in [0.2, 0.25) is 0 Å². The van der Waals surface area contributed by atoms with Gasteiger partial charge in [-0.1, -0.05) is 0 Å². The number of anilines is 1. The molecule has 0 atom stereocenters. The Morgan fingerprint density at radius 1 is 1.32 bits per heavy atom. The summed E-state index contributed by atoms with van der Waals surface area (Å²) >= 11 is 1.53. The predicted molar refractivity (Wildman–Crippen MR) is 71.0 cm³/mol. The summed E-state index contributed by atoms with van der Waals surface area (Å²) in [5.41, 5.74) is 6.53. The predicted octanol–water partition coefficient (Wildman–Crippen LogP) is 2.85. The molecule has 0 unspecified atom stereocenters. The van der Waals surface area contributed by atoms with Crippen molar-refractivity contribution in [3.05, 3.63) is 51.2 Å². The molecule has 1 heterocycles. The number of rotatable bonds is 3. The first-order valence-corrected chi connectivity index (χ1v) is 6.47. The number of thiophene rings is 1. The quantitative estimate of drug-likeness (QED) is 0.850. The first-order valence-electron chi connectivity index (χ1n) is 5.53. The molecule has 0 aliphatic heterocycles. The van der Waals surface area contributed by atoms with Crippen LogP contribution < -0.4 is 11.1 Å². The summed E-state index contributed by atoms with van der Waals surface area (Å²) in [6.45, 7) is 2.25. The lowest BCUT2D eigenvalue weighted by Gasteiger charge is -2.07. The summed E-state index contributed by atoms with van der Waals surface area (Å²) in [4.78, 5) is 11.8. The summed E-state index contributed by atoms with van der Waals surface area (Å²) < 4.78 is 26.5. The molecular weight excluding hydrogens is 270 g/mol. The van der Waals surface area contributed by atoms with Gasteiger partial charge in [0.05, 0.1) is 0 Å². The molecule has 1 aromatic carbocycles. The van der Waals surface area contributed by atoms with Crippen molar-refractivity contribution < 1.29 is 13.6 Å². The van der Waals surface area contributed by atoms with Crippen molar-refractivity contribution in [2.24, 2.45) is 0 Å². The minimum atomic E-state index is -0.933. The molecule has 2 rings (SSSR count). The lowest BCUT2D eigenvalue weighted by molar-refractivity contribution is 0.0950. The molecule has 0 aliphatic rings. The van der Waals surface area contributed by atoms with E-state index in [-0.39, 0.29) is 5.56 Å². The summed E-state index contributed by atoms with van der Waals surface area (Å²) in [5.74, 6) is -2.41. The van der Waals surface area contributed by atoms with E-state index < -0.39 is 23.2 Å². The maximum Gasteiger partial charge on any atom is 0.251 e. The second-order valence-corrected chi connectivity index (χ2v) is 4.86. The van der Waals surface area contributed by atoms with E-state index >= 15 is 0 Å². The zero-order valence-electron chi connectivity index (χ0n) is 10.2. The minimum absolute atomic E-state index is 0.0860. The van der Waals surface area contributed by atoms with E-state index in [1.807, 2.05) is 17.7 Å². The third kappa shape index (κ3) is 2.90. The highest BCUT2D eigenvalue weighted by Gasteiger charge is 2.13. The van der Waals surface area contributed by atoms with Crippen molar-refractivity contribution in [3.8, 4) is 0 Å². The number of hydrogen-bond donors (Lipinski definition) is 2. The molecule has 1 amide bonds. The Kier molecular flexibility index (Phi) is 3.80. The maximum atomic E-state index is 13.2. The number of nitrogens with two attached hydrogens (primary N) is 1. The average Bonchev–Trinajstić information content (AvgIpc) is 2.78. The Balaban J connectivity index is 2.10. The highest BCUT2D eigenvalue weighted by molar-refractivity contribution is 7.08. The fourth-order valence-corrected chi connectivity index (χ4v) is 2.42. The van der Waals surface area contributed by atoms with Gasteiger partial charge in [0.15, 0.2) is 0 Å². The molecule has 2 aromatic rings. The number of halogens is 2. The summed E-state index contributed by atoms with van der Waals surface area (Å²) in [6.07, 6.45) is 0. The van der Waals surface area contributed by atoms with Crippen molar-refractivity contribution in [1.29, 1.82) is 0 Å². The Morgan fingerprint density at radius 3 is 2.47 bits per heavy atom. The fourth-order valence-electron chi connectivity index (χ4n) is 1.56. The molecule has 6 heteroatoms. The first kappa shape index (κ1) is 13.5. The Hall–Kier alpha value is -1.95. The van der Waals surface area contributed by atoms with Gasteiger partial charge in [-0.25, -0.2) is 8.78 Å².